The van der Waals surface area contributed by atoms with Crippen LogP contribution in [-0.2, 0) is 6.54 Å². The zero-order valence-electron chi connectivity index (χ0n) is 11.5. The second-order valence-corrected chi connectivity index (χ2v) is 5.81. The number of aromatic carboxylic acids is 1. The number of anilines is 1. The van der Waals surface area contributed by atoms with Crippen LogP contribution in [0, 0.1) is 0 Å². The lowest BCUT2D eigenvalue weighted by Crippen LogP contribution is -2.19. The molecule has 1 aromatic carbocycles. The van der Waals surface area contributed by atoms with Crippen LogP contribution in [0.1, 0.15) is 15.2 Å². The highest BCUT2D eigenvalue weighted by atomic mass is 32.1. The molecule has 21 heavy (non-hydrogen) atoms. The number of hydrogen-bond donors (Lipinski definition) is 1. The molecule has 0 unspecified atom stereocenters. The van der Waals surface area contributed by atoms with Crippen LogP contribution >= 0.6 is 11.3 Å². The van der Waals surface area contributed by atoms with E-state index in [1.165, 1.54) is 11.1 Å². The minimum absolute atomic E-state index is 0.229. The van der Waals surface area contributed by atoms with Gasteiger partial charge in [0.2, 0.25) is 0 Å². The number of carboxylic acid groups (broad SMARTS) is 1. The van der Waals surface area contributed by atoms with Gasteiger partial charge in [-0.1, -0.05) is 24.3 Å². The SMILES string of the molecule is CN(Cc1cccs1)c1c(C(=O)O)cnc2ccccc12. The number of carboxylic acids is 1. The van der Waals surface area contributed by atoms with Crippen LogP contribution in [0.4, 0.5) is 5.69 Å². The van der Waals surface area contributed by atoms with Gasteiger partial charge in [-0.25, -0.2) is 4.79 Å². The van der Waals surface area contributed by atoms with Crippen molar-refractivity contribution in [1.29, 1.82) is 0 Å². The molecule has 3 rings (SSSR count). The smallest absolute Gasteiger partial charge is 0.339 e. The summed E-state index contributed by atoms with van der Waals surface area (Å²) in [6, 6.07) is 11.6. The van der Waals surface area contributed by atoms with E-state index in [2.05, 4.69) is 4.98 Å². The Morgan fingerprint density at radius 3 is 2.81 bits per heavy atom. The zero-order chi connectivity index (χ0) is 14.8. The first-order chi connectivity index (χ1) is 10.2. The van der Waals surface area contributed by atoms with Crippen molar-refractivity contribution in [2.75, 3.05) is 11.9 Å². The Hall–Kier alpha value is -2.40. The number of thiophene rings is 1. The van der Waals surface area contributed by atoms with Gasteiger partial charge in [-0.15, -0.1) is 11.3 Å². The van der Waals surface area contributed by atoms with Gasteiger partial charge in [0.1, 0.15) is 5.56 Å². The summed E-state index contributed by atoms with van der Waals surface area (Å²) in [4.78, 5) is 18.9. The van der Waals surface area contributed by atoms with Crippen LogP contribution in [0.2, 0.25) is 0 Å². The predicted molar refractivity (Wildman–Crippen MR) is 85.1 cm³/mol. The van der Waals surface area contributed by atoms with Gasteiger partial charge in [0, 0.05) is 23.5 Å². The van der Waals surface area contributed by atoms with Crippen molar-refractivity contribution in [3.63, 3.8) is 0 Å². The number of carbonyl (C=O) groups is 1. The van der Waals surface area contributed by atoms with Crippen LogP contribution in [0.3, 0.4) is 0 Å². The second-order valence-electron chi connectivity index (χ2n) is 4.78. The summed E-state index contributed by atoms with van der Waals surface area (Å²) in [5.41, 5.74) is 1.74. The first kappa shape index (κ1) is 13.6. The third-order valence-corrected chi connectivity index (χ3v) is 4.19. The average molecular weight is 298 g/mol. The third kappa shape index (κ3) is 2.60. The molecule has 0 atom stereocenters. The minimum Gasteiger partial charge on any atom is -0.478 e. The highest BCUT2D eigenvalue weighted by Crippen LogP contribution is 2.30. The molecule has 0 aliphatic carbocycles. The van der Waals surface area contributed by atoms with Gasteiger partial charge in [0.15, 0.2) is 0 Å². The molecule has 5 heteroatoms. The maximum Gasteiger partial charge on any atom is 0.339 e. The van der Waals surface area contributed by atoms with Crippen molar-refractivity contribution in [2.24, 2.45) is 0 Å². The fourth-order valence-electron chi connectivity index (χ4n) is 2.41. The largest absolute Gasteiger partial charge is 0.478 e. The Balaban J connectivity index is 2.13. The fraction of sp³-hybridized carbons (Fsp3) is 0.125. The molecule has 0 aliphatic rings. The summed E-state index contributed by atoms with van der Waals surface area (Å²) >= 11 is 1.66. The molecule has 3 aromatic rings. The molecular formula is C16H14N2O2S. The van der Waals surface area contributed by atoms with E-state index in [0.29, 0.717) is 12.2 Å². The average Bonchev–Trinajstić information content (AvgIpc) is 2.98. The molecule has 0 saturated heterocycles. The number of pyridine rings is 1. The number of nitrogens with zero attached hydrogens (tertiary/aromatic N) is 2. The predicted octanol–water partition coefficient (Wildman–Crippen LogP) is 3.63. The van der Waals surface area contributed by atoms with E-state index < -0.39 is 5.97 Å². The van der Waals surface area contributed by atoms with E-state index in [-0.39, 0.29) is 5.56 Å². The maximum atomic E-state index is 11.5. The summed E-state index contributed by atoms with van der Waals surface area (Å²) in [5, 5.41) is 12.3. The Kier molecular flexibility index (Phi) is 3.58. The van der Waals surface area contributed by atoms with Crippen molar-refractivity contribution in [2.45, 2.75) is 6.54 Å². The molecule has 0 radical (unpaired) electrons. The van der Waals surface area contributed by atoms with Crippen molar-refractivity contribution in [3.8, 4) is 0 Å². The second kappa shape index (κ2) is 5.54. The molecule has 0 bridgehead atoms. The Morgan fingerprint density at radius 1 is 1.29 bits per heavy atom. The number of rotatable bonds is 4. The van der Waals surface area contributed by atoms with Gasteiger partial charge in [0.05, 0.1) is 17.7 Å². The summed E-state index contributed by atoms with van der Waals surface area (Å²) in [6.45, 7) is 0.673. The van der Waals surface area contributed by atoms with E-state index in [9.17, 15) is 9.90 Å². The Bertz CT molecular complexity index is 784. The molecule has 106 valence electrons. The van der Waals surface area contributed by atoms with Crippen LogP contribution in [0.15, 0.2) is 48.0 Å². The highest BCUT2D eigenvalue weighted by molar-refractivity contribution is 7.09. The molecule has 0 spiro atoms. The molecule has 0 amide bonds. The molecular weight excluding hydrogens is 284 g/mol. The van der Waals surface area contributed by atoms with Crippen molar-refractivity contribution in [1.82, 2.24) is 4.98 Å². The lowest BCUT2D eigenvalue weighted by Gasteiger charge is -2.22. The Labute approximate surface area is 126 Å². The zero-order valence-corrected chi connectivity index (χ0v) is 12.3. The number of para-hydroxylation sites is 1. The molecule has 2 aromatic heterocycles. The standard InChI is InChI=1S/C16H14N2O2S/c1-18(10-11-5-4-8-21-11)15-12-6-2-3-7-14(12)17-9-13(15)16(19)20/h2-9H,10H2,1H3,(H,19,20). The van der Waals surface area contributed by atoms with E-state index in [0.717, 1.165) is 10.9 Å². The van der Waals surface area contributed by atoms with Gasteiger partial charge in [-0.05, 0) is 17.5 Å². The number of aromatic nitrogens is 1. The lowest BCUT2D eigenvalue weighted by atomic mass is 10.1. The topological polar surface area (TPSA) is 53.4 Å². The van der Waals surface area contributed by atoms with Crippen molar-refractivity contribution < 1.29 is 9.90 Å². The number of hydrogen-bond acceptors (Lipinski definition) is 4. The normalized spacial score (nSPS) is 10.7. The van der Waals surface area contributed by atoms with Crippen LogP contribution in [-0.4, -0.2) is 23.1 Å². The van der Waals surface area contributed by atoms with Gasteiger partial charge in [-0.3, -0.25) is 4.98 Å². The van der Waals surface area contributed by atoms with E-state index in [1.54, 1.807) is 11.3 Å². The van der Waals surface area contributed by atoms with Crippen LogP contribution in [0.5, 0.6) is 0 Å². The third-order valence-electron chi connectivity index (χ3n) is 3.33. The lowest BCUT2D eigenvalue weighted by molar-refractivity contribution is 0.0697. The van der Waals surface area contributed by atoms with Crippen LogP contribution < -0.4 is 4.90 Å². The molecule has 1 N–H and O–H groups in total. The minimum atomic E-state index is -0.957. The molecule has 2 heterocycles. The monoisotopic (exact) mass is 298 g/mol. The molecule has 0 fully saturated rings. The Morgan fingerprint density at radius 2 is 2.10 bits per heavy atom. The maximum absolute atomic E-state index is 11.5. The first-order valence-corrected chi connectivity index (χ1v) is 7.39. The summed E-state index contributed by atoms with van der Waals surface area (Å²) in [5.74, 6) is -0.957. The van der Waals surface area contributed by atoms with E-state index in [1.807, 2.05) is 53.7 Å². The van der Waals surface area contributed by atoms with Gasteiger partial charge in [-0.2, -0.15) is 0 Å². The fourth-order valence-corrected chi connectivity index (χ4v) is 3.17. The number of fused-ring (bicyclic) bond motifs is 1. The van der Waals surface area contributed by atoms with Crippen molar-refractivity contribution in [3.05, 3.63) is 58.4 Å². The molecule has 4 nitrogen and oxygen atoms in total. The quantitative estimate of drug-likeness (QED) is 0.799. The summed E-state index contributed by atoms with van der Waals surface area (Å²) < 4.78 is 0. The number of benzene rings is 1. The van der Waals surface area contributed by atoms with E-state index in [4.69, 9.17) is 0 Å². The van der Waals surface area contributed by atoms with Crippen LogP contribution in [0.25, 0.3) is 10.9 Å². The molecule has 0 saturated carbocycles. The van der Waals surface area contributed by atoms with Gasteiger partial charge in [0.25, 0.3) is 0 Å². The van der Waals surface area contributed by atoms with Gasteiger partial charge < -0.3 is 10.0 Å². The van der Waals surface area contributed by atoms with Gasteiger partial charge >= 0.3 is 5.97 Å². The summed E-state index contributed by atoms with van der Waals surface area (Å²) in [7, 11) is 1.91. The molecule has 0 aliphatic heterocycles. The van der Waals surface area contributed by atoms with E-state index >= 15 is 0 Å². The first-order valence-electron chi connectivity index (χ1n) is 6.51. The van der Waals surface area contributed by atoms with Crippen molar-refractivity contribution >= 4 is 33.9 Å². The summed E-state index contributed by atoms with van der Waals surface area (Å²) in [6.07, 6.45) is 1.44. The highest BCUT2D eigenvalue weighted by Gasteiger charge is 2.18.